The number of piperazine rings is 1. The summed E-state index contributed by atoms with van der Waals surface area (Å²) < 4.78 is 5.41. The molecule has 2 heterocycles. The van der Waals surface area contributed by atoms with Crippen molar-refractivity contribution in [1.82, 2.24) is 20.1 Å². The molecule has 1 aromatic heterocycles. The Morgan fingerprint density at radius 1 is 1.05 bits per heavy atom. The number of hydrogen-bond acceptors (Lipinski definition) is 7. The predicted molar refractivity (Wildman–Crippen MR) is 157 cm³/mol. The number of rotatable bonds is 11. The fraction of sp³-hybridized carbons (Fsp3) is 0.467. The largest absolute Gasteiger partial charge is 0.497 e. The number of thiazole rings is 1. The van der Waals surface area contributed by atoms with E-state index < -0.39 is 0 Å². The Labute approximate surface area is 231 Å². The number of benzene rings is 2. The van der Waals surface area contributed by atoms with E-state index in [2.05, 4.69) is 66.4 Å². The van der Waals surface area contributed by atoms with Gasteiger partial charge in [-0.2, -0.15) is 0 Å². The highest BCUT2D eigenvalue weighted by Gasteiger charge is 2.20. The summed E-state index contributed by atoms with van der Waals surface area (Å²) in [5.74, 6) is 0.941. The van der Waals surface area contributed by atoms with Gasteiger partial charge in [0.15, 0.2) is 5.13 Å². The minimum absolute atomic E-state index is 0.113. The first-order chi connectivity index (χ1) is 18.4. The van der Waals surface area contributed by atoms with Crippen molar-refractivity contribution in [1.29, 1.82) is 0 Å². The molecule has 3 aromatic rings. The van der Waals surface area contributed by atoms with Gasteiger partial charge in [0.05, 0.1) is 12.8 Å². The summed E-state index contributed by atoms with van der Waals surface area (Å²) in [5, 5.41) is 6.42. The van der Waals surface area contributed by atoms with Gasteiger partial charge in [-0.3, -0.25) is 9.69 Å². The molecule has 4 rings (SSSR count). The summed E-state index contributed by atoms with van der Waals surface area (Å²) in [7, 11) is 1.69. The van der Waals surface area contributed by atoms with Crippen LogP contribution in [0.3, 0.4) is 0 Å². The molecule has 1 fully saturated rings. The average molecular weight is 536 g/mol. The molecule has 2 aromatic carbocycles. The third-order valence-electron chi connectivity index (χ3n) is 7.06. The molecule has 0 bridgehead atoms. The number of nitrogens with one attached hydrogen (secondary N) is 1. The maximum atomic E-state index is 12.9. The molecule has 7 nitrogen and oxygen atoms in total. The van der Waals surface area contributed by atoms with Crippen LogP contribution in [0.4, 0.5) is 5.13 Å². The van der Waals surface area contributed by atoms with E-state index in [9.17, 15) is 4.79 Å². The second kappa shape index (κ2) is 13.2. The number of aromatic nitrogens is 1. The van der Waals surface area contributed by atoms with Crippen LogP contribution in [0.2, 0.25) is 0 Å². The molecular formula is C30H41N5O2S. The molecule has 1 aliphatic rings. The van der Waals surface area contributed by atoms with E-state index in [1.54, 1.807) is 18.4 Å². The van der Waals surface area contributed by atoms with Gasteiger partial charge >= 0.3 is 0 Å². The lowest BCUT2D eigenvalue weighted by molar-refractivity contribution is 0.0736. The Hall–Kier alpha value is -2.94. The SMILES string of the molecule is COc1cccc(-c2csc(N(CCN(C(C)C)C(C)C)Cc3ccc(C(=O)N4CCNCC4)cc3)n2)c1. The summed E-state index contributed by atoms with van der Waals surface area (Å²) in [4.78, 5) is 24.7. The van der Waals surface area contributed by atoms with Gasteiger partial charge in [0.1, 0.15) is 5.75 Å². The van der Waals surface area contributed by atoms with Gasteiger partial charge in [-0.25, -0.2) is 4.98 Å². The Morgan fingerprint density at radius 3 is 2.42 bits per heavy atom. The van der Waals surface area contributed by atoms with Crippen LogP contribution < -0.4 is 15.0 Å². The van der Waals surface area contributed by atoms with Crippen LogP contribution in [0.1, 0.15) is 43.6 Å². The number of amides is 1. The van der Waals surface area contributed by atoms with Gasteiger partial charge in [-0.15, -0.1) is 11.3 Å². The molecule has 204 valence electrons. The second-order valence-electron chi connectivity index (χ2n) is 10.3. The lowest BCUT2D eigenvalue weighted by Gasteiger charge is -2.33. The zero-order valence-corrected chi connectivity index (χ0v) is 24.1. The van der Waals surface area contributed by atoms with Crippen LogP contribution in [-0.2, 0) is 6.54 Å². The summed E-state index contributed by atoms with van der Waals surface area (Å²) in [6.45, 7) is 14.8. The molecule has 0 saturated carbocycles. The second-order valence-corrected chi connectivity index (χ2v) is 11.2. The molecule has 38 heavy (non-hydrogen) atoms. The minimum Gasteiger partial charge on any atom is -0.497 e. The first kappa shape index (κ1) is 28.1. The molecule has 0 atom stereocenters. The Morgan fingerprint density at radius 2 is 1.76 bits per heavy atom. The lowest BCUT2D eigenvalue weighted by Crippen LogP contribution is -2.46. The number of ether oxygens (including phenoxy) is 1. The van der Waals surface area contributed by atoms with Crippen molar-refractivity contribution >= 4 is 22.4 Å². The fourth-order valence-corrected chi connectivity index (χ4v) is 5.80. The van der Waals surface area contributed by atoms with E-state index in [1.165, 1.54) is 5.56 Å². The summed E-state index contributed by atoms with van der Waals surface area (Å²) >= 11 is 1.67. The quantitative estimate of drug-likeness (QED) is 0.373. The maximum absolute atomic E-state index is 12.9. The van der Waals surface area contributed by atoms with Gasteiger partial charge in [-0.1, -0.05) is 24.3 Å². The van der Waals surface area contributed by atoms with Gasteiger partial charge < -0.3 is 19.9 Å². The molecule has 0 aliphatic carbocycles. The van der Waals surface area contributed by atoms with E-state index in [0.717, 1.165) is 73.5 Å². The molecular weight excluding hydrogens is 494 g/mol. The van der Waals surface area contributed by atoms with Gasteiger partial charge in [0.2, 0.25) is 0 Å². The van der Waals surface area contributed by atoms with Crippen LogP contribution in [0.15, 0.2) is 53.9 Å². The molecule has 1 saturated heterocycles. The molecule has 8 heteroatoms. The molecule has 0 radical (unpaired) electrons. The number of hydrogen-bond donors (Lipinski definition) is 1. The smallest absolute Gasteiger partial charge is 0.253 e. The lowest BCUT2D eigenvalue weighted by atomic mass is 10.1. The van der Waals surface area contributed by atoms with Crippen LogP contribution in [0.25, 0.3) is 11.3 Å². The van der Waals surface area contributed by atoms with Crippen molar-refractivity contribution in [2.75, 3.05) is 51.3 Å². The van der Waals surface area contributed by atoms with E-state index in [-0.39, 0.29) is 5.91 Å². The topological polar surface area (TPSA) is 60.9 Å². The zero-order valence-electron chi connectivity index (χ0n) is 23.3. The molecule has 0 unspecified atom stereocenters. The molecule has 0 spiro atoms. The number of anilines is 1. The summed E-state index contributed by atoms with van der Waals surface area (Å²) in [5.41, 5.74) is 3.92. The third kappa shape index (κ3) is 7.12. The van der Waals surface area contributed by atoms with E-state index >= 15 is 0 Å². The van der Waals surface area contributed by atoms with E-state index in [0.29, 0.717) is 12.1 Å². The van der Waals surface area contributed by atoms with Gasteiger partial charge in [0.25, 0.3) is 5.91 Å². The average Bonchev–Trinajstić information content (AvgIpc) is 3.43. The number of carbonyl (C=O) groups excluding carboxylic acids is 1. The highest BCUT2D eigenvalue weighted by molar-refractivity contribution is 7.14. The Bertz CT molecular complexity index is 1160. The fourth-order valence-electron chi connectivity index (χ4n) is 4.94. The first-order valence-corrected chi connectivity index (χ1v) is 14.4. The summed E-state index contributed by atoms with van der Waals surface area (Å²) in [6.07, 6.45) is 0. The van der Waals surface area contributed by atoms with Crippen LogP contribution in [-0.4, -0.2) is 79.2 Å². The summed E-state index contributed by atoms with van der Waals surface area (Å²) in [6, 6.07) is 17.1. The number of nitrogens with zero attached hydrogens (tertiary/aromatic N) is 4. The standard InChI is InChI=1S/C30H41N5O2S/c1-22(2)35(23(3)4)18-17-34(30-32-28(21-38-30)26-7-6-8-27(19-26)37-5)20-24-9-11-25(12-10-24)29(36)33-15-13-31-14-16-33/h6-12,19,21-23,31H,13-18,20H2,1-5H3. The highest BCUT2D eigenvalue weighted by Crippen LogP contribution is 2.30. The van der Waals surface area contributed by atoms with E-state index in [1.807, 2.05) is 35.2 Å². The van der Waals surface area contributed by atoms with Crippen LogP contribution in [0.5, 0.6) is 5.75 Å². The monoisotopic (exact) mass is 535 g/mol. The molecule has 1 aliphatic heterocycles. The maximum Gasteiger partial charge on any atom is 0.253 e. The predicted octanol–water partition coefficient (Wildman–Crippen LogP) is 4.99. The van der Waals surface area contributed by atoms with E-state index in [4.69, 9.17) is 9.72 Å². The zero-order chi connectivity index (χ0) is 27.1. The van der Waals surface area contributed by atoms with Crippen molar-refractivity contribution in [3.63, 3.8) is 0 Å². The number of methoxy groups -OCH3 is 1. The Kier molecular flexibility index (Phi) is 9.77. The molecule has 1 amide bonds. The van der Waals surface area contributed by atoms with Crippen LogP contribution in [0, 0.1) is 0 Å². The van der Waals surface area contributed by atoms with Crippen molar-refractivity contribution in [2.24, 2.45) is 0 Å². The highest BCUT2D eigenvalue weighted by atomic mass is 32.1. The third-order valence-corrected chi connectivity index (χ3v) is 7.96. The van der Waals surface area contributed by atoms with Gasteiger partial charge in [-0.05, 0) is 57.5 Å². The first-order valence-electron chi connectivity index (χ1n) is 13.5. The minimum atomic E-state index is 0.113. The Balaban J connectivity index is 1.53. The van der Waals surface area contributed by atoms with Gasteiger partial charge in [0, 0.05) is 74.4 Å². The molecule has 1 N–H and O–H groups in total. The van der Waals surface area contributed by atoms with Crippen molar-refractivity contribution in [3.8, 4) is 17.0 Å². The van der Waals surface area contributed by atoms with Crippen molar-refractivity contribution in [2.45, 2.75) is 46.3 Å². The van der Waals surface area contributed by atoms with Crippen molar-refractivity contribution < 1.29 is 9.53 Å². The van der Waals surface area contributed by atoms with Crippen LogP contribution >= 0.6 is 11.3 Å². The normalized spacial score (nSPS) is 13.9. The number of carbonyl (C=O) groups is 1. The van der Waals surface area contributed by atoms with Crippen molar-refractivity contribution in [3.05, 3.63) is 65.0 Å².